The maximum atomic E-state index is 13.6. The molecule has 0 radical (unpaired) electrons. The van der Waals surface area contributed by atoms with Crippen LogP contribution in [0.25, 0.3) is 0 Å². The van der Waals surface area contributed by atoms with E-state index < -0.39 is 0 Å². The molecule has 0 aliphatic rings. The van der Waals surface area contributed by atoms with Gasteiger partial charge in [0.2, 0.25) is 0 Å². The summed E-state index contributed by atoms with van der Waals surface area (Å²) >= 11 is 0. The molecule has 0 amide bonds. The lowest BCUT2D eigenvalue weighted by Gasteiger charge is -2.07. The van der Waals surface area contributed by atoms with Crippen LogP contribution >= 0.6 is 0 Å². The van der Waals surface area contributed by atoms with E-state index in [4.69, 9.17) is 5.84 Å². The molecular formula is C10H14FN3. The average Bonchev–Trinajstić information content (AvgIpc) is 2.19. The van der Waals surface area contributed by atoms with Crippen LogP contribution in [0, 0.1) is 12.7 Å². The highest BCUT2D eigenvalue weighted by molar-refractivity contribution is 5.98. The van der Waals surface area contributed by atoms with Crippen molar-refractivity contribution in [3.63, 3.8) is 0 Å². The second-order valence-electron chi connectivity index (χ2n) is 2.90. The summed E-state index contributed by atoms with van der Waals surface area (Å²) in [6.07, 6.45) is 0. The summed E-state index contributed by atoms with van der Waals surface area (Å²) in [4.78, 5) is 4.06. The molecule has 0 fully saturated rings. The topological polar surface area (TPSA) is 50.4 Å². The zero-order valence-corrected chi connectivity index (χ0v) is 8.34. The minimum Gasteiger partial charge on any atom is -0.308 e. The van der Waals surface area contributed by atoms with Gasteiger partial charge in [0.1, 0.15) is 11.7 Å². The minimum absolute atomic E-state index is 0.280. The lowest BCUT2D eigenvalue weighted by Crippen LogP contribution is -2.32. The highest BCUT2D eigenvalue weighted by Gasteiger charge is 2.09. The number of hydrazine groups is 1. The zero-order valence-electron chi connectivity index (χ0n) is 8.34. The molecule has 1 aromatic rings. The summed E-state index contributed by atoms with van der Waals surface area (Å²) < 4.78 is 13.6. The Balaban J connectivity index is 3.17. The van der Waals surface area contributed by atoms with E-state index in [1.807, 2.05) is 6.92 Å². The van der Waals surface area contributed by atoms with Gasteiger partial charge in [-0.3, -0.25) is 4.99 Å². The molecule has 1 aromatic carbocycles. The Morgan fingerprint density at radius 1 is 1.57 bits per heavy atom. The second-order valence-corrected chi connectivity index (χ2v) is 2.90. The molecule has 3 N–H and O–H groups in total. The van der Waals surface area contributed by atoms with Crippen LogP contribution in [0.5, 0.6) is 0 Å². The maximum absolute atomic E-state index is 13.6. The molecule has 0 aliphatic carbocycles. The van der Waals surface area contributed by atoms with Gasteiger partial charge in [0, 0.05) is 6.54 Å². The Kier molecular flexibility index (Phi) is 3.59. The Labute approximate surface area is 82.8 Å². The van der Waals surface area contributed by atoms with Crippen molar-refractivity contribution in [2.45, 2.75) is 13.8 Å². The third-order valence-corrected chi connectivity index (χ3v) is 1.90. The average molecular weight is 195 g/mol. The fraction of sp³-hybridized carbons (Fsp3) is 0.300. The Bertz CT molecular complexity index is 347. The van der Waals surface area contributed by atoms with Crippen LogP contribution in [-0.4, -0.2) is 12.4 Å². The van der Waals surface area contributed by atoms with Gasteiger partial charge in [0.25, 0.3) is 0 Å². The monoisotopic (exact) mass is 195 g/mol. The fourth-order valence-electron chi connectivity index (χ4n) is 1.20. The van der Waals surface area contributed by atoms with E-state index in [9.17, 15) is 4.39 Å². The Morgan fingerprint density at radius 2 is 2.29 bits per heavy atom. The molecule has 0 bridgehead atoms. The van der Waals surface area contributed by atoms with Gasteiger partial charge < -0.3 is 5.43 Å². The summed E-state index contributed by atoms with van der Waals surface area (Å²) in [6.45, 7) is 4.14. The van der Waals surface area contributed by atoms with E-state index in [0.717, 1.165) is 0 Å². The summed E-state index contributed by atoms with van der Waals surface area (Å²) in [7, 11) is 0. The Morgan fingerprint density at radius 3 is 2.86 bits per heavy atom. The number of nitrogens with one attached hydrogen (secondary N) is 1. The van der Waals surface area contributed by atoms with Crippen molar-refractivity contribution in [3.8, 4) is 0 Å². The molecule has 14 heavy (non-hydrogen) atoms. The van der Waals surface area contributed by atoms with E-state index in [0.29, 0.717) is 23.5 Å². The summed E-state index contributed by atoms with van der Waals surface area (Å²) in [5.74, 6) is 5.37. The van der Waals surface area contributed by atoms with Gasteiger partial charge in [0.15, 0.2) is 0 Å². The maximum Gasteiger partial charge on any atom is 0.145 e. The number of halogens is 1. The van der Waals surface area contributed by atoms with Crippen molar-refractivity contribution in [1.29, 1.82) is 0 Å². The first-order chi connectivity index (χ1) is 6.70. The highest BCUT2D eigenvalue weighted by atomic mass is 19.1. The third kappa shape index (κ3) is 2.09. The van der Waals surface area contributed by atoms with E-state index >= 15 is 0 Å². The van der Waals surface area contributed by atoms with E-state index in [2.05, 4.69) is 10.4 Å². The van der Waals surface area contributed by atoms with Crippen molar-refractivity contribution < 1.29 is 4.39 Å². The first-order valence-corrected chi connectivity index (χ1v) is 4.47. The van der Waals surface area contributed by atoms with Gasteiger partial charge in [-0.1, -0.05) is 12.1 Å². The molecular weight excluding hydrogens is 181 g/mol. The minimum atomic E-state index is -0.280. The quantitative estimate of drug-likeness (QED) is 0.324. The molecule has 3 nitrogen and oxygen atoms in total. The van der Waals surface area contributed by atoms with Gasteiger partial charge >= 0.3 is 0 Å². The van der Waals surface area contributed by atoms with E-state index in [-0.39, 0.29) is 5.82 Å². The SMILES string of the molecule is CCN=C(NN)c1cccc(C)c1F. The van der Waals surface area contributed by atoms with Crippen LogP contribution in [0.4, 0.5) is 4.39 Å². The highest BCUT2D eigenvalue weighted by Crippen LogP contribution is 2.11. The van der Waals surface area contributed by atoms with Crippen LogP contribution in [0.15, 0.2) is 23.2 Å². The van der Waals surface area contributed by atoms with Gasteiger partial charge in [-0.25, -0.2) is 10.2 Å². The van der Waals surface area contributed by atoms with Crippen LogP contribution in [0.2, 0.25) is 0 Å². The zero-order chi connectivity index (χ0) is 10.6. The van der Waals surface area contributed by atoms with Gasteiger partial charge in [-0.15, -0.1) is 0 Å². The smallest absolute Gasteiger partial charge is 0.145 e. The number of aliphatic imine (C=N–C) groups is 1. The molecule has 76 valence electrons. The molecule has 0 unspecified atom stereocenters. The van der Waals surface area contributed by atoms with Crippen LogP contribution in [0.3, 0.4) is 0 Å². The van der Waals surface area contributed by atoms with Gasteiger partial charge in [-0.2, -0.15) is 0 Å². The molecule has 0 heterocycles. The number of hydrogen-bond acceptors (Lipinski definition) is 2. The number of amidine groups is 1. The number of hydrogen-bond donors (Lipinski definition) is 2. The third-order valence-electron chi connectivity index (χ3n) is 1.90. The second kappa shape index (κ2) is 4.72. The molecule has 0 saturated carbocycles. The van der Waals surface area contributed by atoms with Crippen molar-refractivity contribution >= 4 is 5.84 Å². The normalized spacial score (nSPS) is 11.6. The summed E-state index contributed by atoms with van der Waals surface area (Å²) in [5.41, 5.74) is 3.39. The van der Waals surface area contributed by atoms with E-state index in [1.54, 1.807) is 25.1 Å². The molecule has 0 atom stereocenters. The van der Waals surface area contributed by atoms with Crippen LogP contribution in [0.1, 0.15) is 18.1 Å². The summed E-state index contributed by atoms with van der Waals surface area (Å²) in [6, 6.07) is 5.13. The number of nitrogens with zero attached hydrogens (tertiary/aromatic N) is 1. The lowest BCUT2D eigenvalue weighted by molar-refractivity contribution is 0.614. The van der Waals surface area contributed by atoms with Crippen molar-refractivity contribution in [1.82, 2.24) is 5.43 Å². The van der Waals surface area contributed by atoms with Gasteiger partial charge in [0.05, 0.1) is 5.56 Å². The van der Waals surface area contributed by atoms with Crippen LogP contribution in [-0.2, 0) is 0 Å². The lowest BCUT2D eigenvalue weighted by atomic mass is 10.1. The molecule has 0 saturated heterocycles. The fourth-order valence-corrected chi connectivity index (χ4v) is 1.20. The number of rotatable bonds is 2. The first-order valence-electron chi connectivity index (χ1n) is 4.47. The standard InChI is InChI=1S/C10H14FN3/c1-3-13-10(14-12)8-6-4-5-7(2)9(8)11/h4-6H,3,12H2,1-2H3,(H,13,14). The molecule has 4 heteroatoms. The van der Waals surface area contributed by atoms with Crippen LogP contribution < -0.4 is 11.3 Å². The summed E-state index contributed by atoms with van der Waals surface area (Å²) in [5, 5.41) is 0. The predicted octanol–water partition coefficient (Wildman–Crippen LogP) is 1.36. The molecule has 0 spiro atoms. The predicted molar refractivity (Wildman–Crippen MR) is 55.5 cm³/mol. The molecule has 0 aromatic heterocycles. The van der Waals surface area contributed by atoms with Crippen molar-refractivity contribution in [3.05, 3.63) is 35.1 Å². The van der Waals surface area contributed by atoms with E-state index in [1.165, 1.54) is 0 Å². The number of aryl methyl sites for hydroxylation is 1. The number of benzene rings is 1. The van der Waals surface area contributed by atoms with Crippen molar-refractivity contribution in [2.75, 3.05) is 6.54 Å². The van der Waals surface area contributed by atoms with Crippen molar-refractivity contribution in [2.24, 2.45) is 10.8 Å². The molecule has 1 rings (SSSR count). The largest absolute Gasteiger partial charge is 0.308 e. The first kappa shape index (κ1) is 10.7. The number of nitrogens with two attached hydrogens (primary N) is 1. The Hall–Kier alpha value is -1.42. The molecule has 0 aliphatic heterocycles. The van der Waals surface area contributed by atoms with Gasteiger partial charge in [-0.05, 0) is 25.5 Å².